The smallest absolute Gasteiger partial charge is 0.241 e. The van der Waals surface area contributed by atoms with E-state index in [0.717, 1.165) is 31.6 Å². The molecule has 0 saturated carbocycles. The van der Waals surface area contributed by atoms with Crippen molar-refractivity contribution < 1.29 is 4.79 Å². The van der Waals surface area contributed by atoms with Gasteiger partial charge in [-0.1, -0.05) is 6.07 Å². The molecule has 1 fully saturated rings. The van der Waals surface area contributed by atoms with Crippen molar-refractivity contribution in [1.82, 2.24) is 4.90 Å². The number of amides is 1. The summed E-state index contributed by atoms with van der Waals surface area (Å²) < 4.78 is 0. The topological polar surface area (TPSA) is 32.3 Å². The van der Waals surface area contributed by atoms with Crippen molar-refractivity contribution in [3.63, 3.8) is 0 Å². The van der Waals surface area contributed by atoms with Gasteiger partial charge in [0.2, 0.25) is 5.91 Å². The maximum atomic E-state index is 11.8. The average molecular weight is 250 g/mol. The Labute approximate surface area is 107 Å². The summed E-state index contributed by atoms with van der Waals surface area (Å²) in [5.74, 6) is 0.206. The summed E-state index contributed by atoms with van der Waals surface area (Å²) in [6.45, 7) is 2.24. The molecule has 1 aliphatic heterocycles. The minimum atomic E-state index is 0.206. The van der Waals surface area contributed by atoms with E-state index in [1.165, 1.54) is 4.90 Å². The average Bonchev–Trinajstić information content (AvgIpc) is 2.90. The summed E-state index contributed by atoms with van der Waals surface area (Å²) >= 11 is 1.71. The lowest BCUT2D eigenvalue weighted by molar-refractivity contribution is -0.128. The highest BCUT2D eigenvalue weighted by Gasteiger charge is 2.16. The normalized spacial score (nSPS) is 15.0. The Hall–Kier alpha value is -1.16. The van der Waals surface area contributed by atoms with Crippen molar-refractivity contribution in [3.05, 3.63) is 24.3 Å². The van der Waals surface area contributed by atoms with Crippen LogP contribution in [0, 0.1) is 0 Å². The third-order valence-electron chi connectivity index (χ3n) is 2.97. The second-order valence-electron chi connectivity index (χ2n) is 4.17. The highest BCUT2D eigenvalue weighted by molar-refractivity contribution is 7.98. The molecular formula is C13H18N2OS. The molecule has 92 valence electrons. The molecule has 0 aromatic heterocycles. The lowest BCUT2D eigenvalue weighted by Gasteiger charge is -2.16. The highest BCUT2D eigenvalue weighted by atomic mass is 32.2. The summed E-state index contributed by atoms with van der Waals surface area (Å²) in [7, 11) is 0. The van der Waals surface area contributed by atoms with E-state index >= 15 is 0 Å². The molecule has 1 aromatic rings. The zero-order chi connectivity index (χ0) is 12.1. The summed E-state index contributed by atoms with van der Waals surface area (Å²) in [4.78, 5) is 15.0. The Morgan fingerprint density at radius 1 is 1.41 bits per heavy atom. The number of nitrogens with one attached hydrogen (secondary N) is 1. The Bertz CT molecular complexity index is 389. The first kappa shape index (κ1) is 12.3. The molecule has 0 bridgehead atoms. The fourth-order valence-electron chi connectivity index (χ4n) is 1.99. The van der Waals surface area contributed by atoms with Crippen LogP contribution >= 0.6 is 11.8 Å². The Morgan fingerprint density at radius 2 is 2.18 bits per heavy atom. The molecule has 1 heterocycles. The number of hydrogen-bond acceptors (Lipinski definition) is 3. The number of hydrogen-bond donors (Lipinski definition) is 1. The number of anilines is 1. The third kappa shape index (κ3) is 3.40. The van der Waals surface area contributed by atoms with Crippen LogP contribution in [0.4, 0.5) is 5.69 Å². The van der Waals surface area contributed by atoms with Gasteiger partial charge in [0.25, 0.3) is 0 Å². The molecule has 1 aliphatic rings. The molecular weight excluding hydrogens is 232 g/mol. The van der Waals surface area contributed by atoms with Crippen LogP contribution in [0.2, 0.25) is 0 Å². The van der Waals surface area contributed by atoms with Gasteiger partial charge in [-0.3, -0.25) is 4.79 Å². The van der Waals surface area contributed by atoms with E-state index < -0.39 is 0 Å². The third-order valence-corrected chi connectivity index (χ3v) is 3.70. The van der Waals surface area contributed by atoms with Crippen LogP contribution in [-0.4, -0.2) is 36.7 Å². The van der Waals surface area contributed by atoms with Crippen LogP contribution < -0.4 is 5.32 Å². The van der Waals surface area contributed by atoms with Crippen molar-refractivity contribution >= 4 is 23.4 Å². The van der Waals surface area contributed by atoms with Gasteiger partial charge in [-0.2, -0.15) is 0 Å². The van der Waals surface area contributed by atoms with Gasteiger partial charge in [0.05, 0.1) is 6.54 Å². The lowest BCUT2D eigenvalue weighted by atomic mass is 10.3. The van der Waals surface area contributed by atoms with Gasteiger partial charge < -0.3 is 10.2 Å². The van der Waals surface area contributed by atoms with Gasteiger partial charge in [-0.25, -0.2) is 0 Å². The Kier molecular flexibility index (Phi) is 4.31. The van der Waals surface area contributed by atoms with E-state index in [0.29, 0.717) is 6.54 Å². The predicted octanol–water partition coefficient (Wildman–Crippen LogP) is 2.44. The van der Waals surface area contributed by atoms with Crippen LogP contribution in [0.25, 0.3) is 0 Å². The second kappa shape index (κ2) is 5.96. The van der Waals surface area contributed by atoms with E-state index in [2.05, 4.69) is 23.7 Å². The summed E-state index contributed by atoms with van der Waals surface area (Å²) in [6, 6.07) is 8.14. The molecule has 0 radical (unpaired) electrons. The van der Waals surface area contributed by atoms with E-state index in [4.69, 9.17) is 0 Å². The minimum absolute atomic E-state index is 0.206. The van der Waals surface area contributed by atoms with Gasteiger partial charge >= 0.3 is 0 Å². The van der Waals surface area contributed by atoms with Crippen LogP contribution in [0.15, 0.2) is 29.2 Å². The summed E-state index contributed by atoms with van der Waals surface area (Å²) in [5, 5.41) is 3.19. The van der Waals surface area contributed by atoms with Crippen LogP contribution in [-0.2, 0) is 4.79 Å². The summed E-state index contributed by atoms with van der Waals surface area (Å²) in [5.41, 5.74) is 1.02. The van der Waals surface area contributed by atoms with Crippen LogP contribution in [0.1, 0.15) is 12.8 Å². The molecule has 1 saturated heterocycles. The monoisotopic (exact) mass is 250 g/mol. The van der Waals surface area contributed by atoms with E-state index in [1.54, 1.807) is 11.8 Å². The standard InChI is InChI=1S/C13H18N2OS/c1-17-12-6-4-5-11(9-12)14-10-13(16)15-7-2-3-8-15/h4-6,9,14H,2-3,7-8,10H2,1H3. The number of rotatable bonds is 4. The van der Waals surface area contributed by atoms with Gasteiger partial charge in [-0.15, -0.1) is 11.8 Å². The second-order valence-corrected chi connectivity index (χ2v) is 5.05. The highest BCUT2D eigenvalue weighted by Crippen LogP contribution is 2.18. The maximum absolute atomic E-state index is 11.8. The number of benzene rings is 1. The lowest BCUT2D eigenvalue weighted by Crippen LogP contribution is -2.32. The van der Waals surface area contributed by atoms with E-state index in [1.807, 2.05) is 17.0 Å². The van der Waals surface area contributed by atoms with Gasteiger partial charge in [0.1, 0.15) is 0 Å². The van der Waals surface area contributed by atoms with Gasteiger partial charge in [0, 0.05) is 23.7 Å². The Morgan fingerprint density at radius 3 is 2.88 bits per heavy atom. The van der Waals surface area contributed by atoms with Crippen molar-refractivity contribution in [3.8, 4) is 0 Å². The van der Waals surface area contributed by atoms with E-state index in [-0.39, 0.29) is 5.91 Å². The zero-order valence-corrected chi connectivity index (χ0v) is 10.9. The first-order valence-electron chi connectivity index (χ1n) is 5.95. The number of likely N-dealkylation sites (tertiary alicyclic amines) is 1. The number of nitrogens with zero attached hydrogens (tertiary/aromatic N) is 1. The van der Waals surface area contributed by atoms with Crippen molar-refractivity contribution in [2.45, 2.75) is 17.7 Å². The fourth-order valence-corrected chi connectivity index (χ4v) is 2.45. The zero-order valence-electron chi connectivity index (χ0n) is 10.1. The fraction of sp³-hybridized carbons (Fsp3) is 0.462. The van der Waals surface area contributed by atoms with Crippen LogP contribution in [0.3, 0.4) is 0 Å². The summed E-state index contributed by atoms with van der Waals surface area (Å²) in [6.07, 6.45) is 4.34. The largest absolute Gasteiger partial charge is 0.376 e. The number of thioether (sulfide) groups is 1. The molecule has 1 amide bonds. The minimum Gasteiger partial charge on any atom is -0.376 e. The molecule has 3 nitrogen and oxygen atoms in total. The molecule has 1 aromatic carbocycles. The van der Waals surface area contributed by atoms with Gasteiger partial charge in [0.15, 0.2) is 0 Å². The molecule has 17 heavy (non-hydrogen) atoms. The molecule has 0 atom stereocenters. The molecule has 0 unspecified atom stereocenters. The quantitative estimate of drug-likeness (QED) is 0.833. The number of carbonyl (C=O) groups excluding carboxylic acids is 1. The molecule has 1 N–H and O–H groups in total. The molecule has 0 aliphatic carbocycles. The first-order chi connectivity index (χ1) is 8.29. The molecule has 0 spiro atoms. The Balaban J connectivity index is 1.86. The van der Waals surface area contributed by atoms with E-state index in [9.17, 15) is 4.79 Å². The molecule has 2 rings (SSSR count). The van der Waals surface area contributed by atoms with Crippen LogP contribution in [0.5, 0.6) is 0 Å². The SMILES string of the molecule is CSc1cccc(NCC(=O)N2CCCC2)c1. The van der Waals surface area contributed by atoms with Crippen molar-refractivity contribution in [2.75, 3.05) is 31.2 Å². The maximum Gasteiger partial charge on any atom is 0.241 e. The van der Waals surface area contributed by atoms with Crippen molar-refractivity contribution in [2.24, 2.45) is 0 Å². The molecule has 4 heteroatoms. The van der Waals surface area contributed by atoms with Crippen molar-refractivity contribution in [1.29, 1.82) is 0 Å². The first-order valence-corrected chi connectivity index (χ1v) is 7.18. The predicted molar refractivity (Wildman–Crippen MR) is 72.5 cm³/mol. The number of carbonyl (C=O) groups is 1. The van der Waals surface area contributed by atoms with Gasteiger partial charge in [-0.05, 0) is 37.3 Å².